The van der Waals surface area contributed by atoms with E-state index < -0.39 is 0 Å². The van der Waals surface area contributed by atoms with Gasteiger partial charge in [0.2, 0.25) is 0 Å². The summed E-state index contributed by atoms with van der Waals surface area (Å²) in [6, 6.07) is 18.7. The first-order valence-corrected chi connectivity index (χ1v) is 8.60. The fourth-order valence-corrected chi connectivity index (χ4v) is 2.70. The molecule has 0 radical (unpaired) electrons. The Morgan fingerprint density at radius 2 is 1.61 bits per heavy atom. The first kappa shape index (κ1) is 17.3. The molecule has 0 aliphatic carbocycles. The third-order valence-electron chi connectivity index (χ3n) is 4.31. The number of hydrogen-bond donors (Lipinski definition) is 0. The quantitative estimate of drug-likeness (QED) is 0.394. The zero-order valence-corrected chi connectivity index (χ0v) is 14.6. The molecule has 122 valence electrons. The minimum absolute atomic E-state index is 0.230. The van der Waals surface area contributed by atoms with E-state index in [0.717, 1.165) is 11.3 Å². The van der Waals surface area contributed by atoms with Crippen molar-refractivity contribution in [3.8, 4) is 5.75 Å². The van der Waals surface area contributed by atoms with Gasteiger partial charge in [-0.05, 0) is 41.2 Å². The highest BCUT2D eigenvalue weighted by Crippen LogP contribution is 2.30. The normalized spacial score (nSPS) is 11.8. The summed E-state index contributed by atoms with van der Waals surface area (Å²) < 4.78 is 5.70. The molecule has 0 amide bonds. The Morgan fingerprint density at radius 3 is 2.26 bits per heavy atom. The lowest BCUT2D eigenvalue weighted by molar-refractivity contribution is 0.448. The Morgan fingerprint density at radius 1 is 0.913 bits per heavy atom. The molecular formula is C22H28O. The molecule has 23 heavy (non-hydrogen) atoms. The van der Waals surface area contributed by atoms with E-state index in [1.807, 2.05) is 24.3 Å². The maximum atomic E-state index is 5.70. The number of benzene rings is 2. The van der Waals surface area contributed by atoms with Crippen molar-refractivity contribution in [3.63, 3.8) is 0 Å². The van der Waals surface area contributed by atoms with Gasteiger partial charge < -0.3 is 4.74 Å². The topological polar surface area (TPSA) is 9.23 Å². The summed E-state index contributed by atoms with van der Waals surface area (Å²) in [6.07, 6.45) is 8.83. The lowest BCUT2D eigenvalue weighted by Crippen LogP contribution is -2.16. The summed E-state index contributed by atoms with van der Waals surface area (Å²) in [5.41, 5.74) is 2.75. The SMILES string of the molecule is CCCCCC(C)(C)c1ccc(OC=Cc2ccccc2)cc1. The second-order valence-corrected chi connectivity index (χ2v) is 6.70. The van der Waals surface area contributed by atoms with E-state index in [4.69, 9.17) is 4.74 Å². The molecule has 2 aromatic carbocycles. The van der Waals surface area contributed by atoms with E-state index >= 15 is 0 Å². The highest BCUT2D eigenvalue weighted by Gasteiger charge is 2.19. The second-order valence-electron chi connectivity index (χ2n) is 6.70. The highest BCUT2D eigenvalue weighted by molar-refractivity contribution is 5.48. The number of ether oxygens (including phenoxy) is 1. The molecule has 0 heterocycles. The fourth-order valence-electron chi connectivity index (χ4n) is 2.70. The van der Waals surface area contributed by atoms with Crippen LogP contribution in [0, 0.1) is 0 Å². The Kier molecular flexibility index (Phi) is 6.46. The summed E-state index contributed by atoms with van der Waals surface area (Å²) >= 11 is 0. The van der Waals surface area contributed by atoms with Gasteiger partial charge in [0.15, 0.2) is 0 Å². The Hall–Kier alpha value is -2.02. The van der Waals surface area contributed by atoms with E-state index in [9.17, 15) is 0 Å². The third-order valence-corrected chi connectivity index (χ3v) is 4.31. The first-order chi connectivity index (χ1) is 11.1. The Labute approximate surface area is 141 Å². The molecule has 2 rings (SSSR count). The van der Waals surface area contributed by atoms with Gasteiger partial charge in [0.1, 0.15) is 5.75 Å². The standard InChI is InChI=1S/C22H28O/c1-4-5-9-17-22(2,3)20-12-14-21(15-13-20)23-18-16-19-10-7-6-8-11-19/h6-8,10-16,18H,4-5,9,17H2,1-3H3. The predicted octanol–water partition coefficient (Wildman–Crippen LogP) is 6.59. The summed E-state index contributed by atoms with van der Waals surface area (Å²) in [6.45, 7) is 6.91. The number of rotatable bonds is 8. The first-order valence-electron chi connectivity index (χ1n) is 8.60. The molecule has 0 aliphatic heterocycles. The Bertz CT molecular complexity index is 594. The molecule has 0 spiro atoms. The van der Waals surface area contributed by atoms with Gasteiger partial charge in [0, 0.05) is 0 Å². The smallest absolute Gasteiger partial charge is 0.126 e. The average molecular weight is 308 g/mol. The van der Waals surface area contributed by atoms with Crippen LogP contribution in [0.1, 0.15) is 57.6 Å². The van der Waals surface area contributed by atoms with Crippen LogP contribution in [0.15, 0.2) is 60.9 Å². The molecule has 0 aliphatic rings. The zero-order valence-electron chi connectivity index (χ0n) is 14.6. The van der Waals surface area contributed by atoms with Crippen LogP contribution in [0.2, 0.25) is 0 Å². The molecule has 2 aromatic rings. The van der Waals surface area contributed by atoms with Crippen LogP contribution in [0.3, 0.4) is 0 Å². The molecule has 1 heteroatoms. The van der Waals surface area contributed by atoms with Crippen molar-refractivity contribution < 1.29 is 4.74 Å². The third kappa shape index (κ3) is 5.59. The van der Waals surface area contributed by atoms with Crippen molar-refractivity contribution in [2.45, 2.75) is 51.9 Å². The molecule has 0 fully saturated rings. The Balaban J connectivity index is 1.92. The summed E-state index contributed by atoms with van der Waals surface area (Å²) in [4.78, 5) is 0. The van der Waals surface area contributed by atoms with Gasteiger partial charge in [-0.15, -0.1) is 0 Å². The van der Waals surface area contributed by atoms with Gasteiger partial charge >= 0.3 is 0 Å². The number of unbranched alkanes of at least 4 members (excludes halogenated alkanes) is 2. The van der Waals surface area contributed by atoms with Crippen LogP contribution in [0.4, 0.5) is 0 Å². The van der Waals surface area contributed by atoms with Gasteiger partial charge in [-0.3, -0.25) is 0 Å². The molecule has 0 atom stereocenters. The van der Waals surface area contributed by atoms with E-state index in [-0.39, 0.29) is 5.41 Å². The molecule has 0 aromatic heterocycles. The van der Waals surface area contributed by atoms with Crippen LogP contribution in [-0.4, -0.2) is 0 Å². The summed E-state index contributed by atoms with van der Waals surface area (Å²) in [5, 5.41) is 0. The van der Waals surface area contributed by atoms with Crippen molar-refractivity contribution in [2.24, 2.45) is 0 Å². The molecule has 0 bridgehead atoms. The van der Waals surface area contributed by atoms with Crippen LogP contribution < -0.4 is 4.74 Å². The minimum Gasteiger partial charge on any atom is -0.465 e. The maximum absolute atomic E-state index is 5.70. The molecular weight excluding hydrogens is 280 g/mol. The summed E-state index contributed by atoms with van der Waals surface area (Å²) in [5.74, 6) is 0.880. The van der Waals surface area contributed by atoms with Crippen LogP contribution in [0.25, 0.3) is 6.08 Å². The number of hydrogen-bond acceptors (Lipinski definition) is 1. The van der Waals surface area contributed by atoms with Gasteiger partial charge in [-0.25, -0.2) is 0 Å². The molecule has 0 saturated heterocycles. The van der Waals surface area contributed by atoms with Crippen molar-refractivity contribution in [2.75, 3.05) is 0 Å². The van der Waals surface area contributed by atoms with Crippen LogP contribution in [0.5, 0.6) is 5.75 Å². The van der Waals surface area contributed by atoms with Gasteiger partial charge in [0.05, 0.1) is 6.26 Å². The minimum atomic E-state index is 0.230. The second kappa shape index (κ2) is 8.57. The fraction of sp³-hybridized carbons (Fsp3) is 0.364. The van der Waals surface area contributed by atoms with Gasteiger partial charge in [-0.1, -0.05) is 82.5 Å². The zero-order chi connectivity index (χ0) is 16.5. The van der Waals surface area contributed by atoms with Crippen LogP contribution in [-0.2, 0) is 5.41 Å². The largest absolute Gasteiger partial charge is 0.465 e. The van der Waals surface area contributed by atoms with E-state index in [1.54, 1.807) is 6.26 Å². The van der Waals surface area contributed by atoms with Crippen molar-refractivity contribution in [3.05, 3.63) is 72.0 Å². The van der Waals surface area contributed by atoms with Gasteiger partial charge in [-0.2, -0.15) is 0 Å². The average Bonchev–Trinajstić information content (AvgIpc) is 2.56. The van der Waals surface area contributed by atoms with E-state index in [0.29, 0.717) is 0 Å². The highest BCUT2D eigenvalue weighted by atomic mass is 16.5. The van der Waals surface area contributed by atoms with Crippen molar-refractivity contribution in [1.29, 1.82) is 0 Å². The van der Waals surface area contributed by atoms with E-state index in [2.05, 4.69) is 57.2 Å². The maximum Gasteiger partial charge on any atom is 0.126 e. The molecule has 0 saturated carbocycles. The lowest BCUT2D eigenvalue weighted by Gasteiger charge is -2.25. The van der Waals surface area contributed by atoms with Crippen molar-refractivity contribution in [1.82, 2.24) is 0 Å². The molecule has 1 nitrogen and oxygen atoms in total. The van der Waals surface area contributed by atoms with Crippen LogP contribution >= 0.6 is 0 Å². The lowest BCUT2D eigenvalue weighted by atomic mass is 9.80. The van der Waals surface area contributed by atoms with E-state index in [1.165, 1.54) is 31.2 Å². The van der Waals surface area contributed by atoms with Gasteiger partial charge in [0.25, 0.3) is 0 Å². The van der Waals surface area contributed by atoms with Crippen molar-refractivity contribution >= 4 is 6.08 Å². The summed E-state index contributed by atoms with van der Waals surface area (Å²) in [7, 11) is 0. The monoisotopic (exact) mass is 308 g/mol. The molecule has 0 N–H and O–H groups in total. The predicted molar refractivity (Wildman–Crippen MR) is 99.7 cm³/mol. The molecule has 0 unspecified atom stereocenters.